The number of sulfonamides is 1. The van der Waals surface area contributed by atoms with Gasteiger partial charge in [0, 0.05) is 41.7 Å². The van der Waals surface area contributed by atoms with Crippen molar-refractivity contribution in [2.75, 3.05) is 30.5 Å². The number of carbonyl (C=O) groups is 1. The van der Waals surface area contributed by atoms with Crippen molar-refractivity contribution in [3.8, 4) is 17.3 Å². The Bertz CT molecular complexity index is 1900. The maximum absolute atomic E-state index is 13.7. The lowest BCUT2D eigenvalue weighted by molar-refractivity contribution is 0.0726. The zero-order valence-electron chi connectivity index (χ0n) is 24.3. The molecule has 2 N–H and O–H groups in total. The number of amides is 1. The molecule has 43 heavy (non-hydrogen) atoms. The molecule has 8 rings (SSSR count). The van der Waals surface area contributed by atoms with E-state index in [1.165, 1.54) is 4.31 Å². The standard InChI is InChI=1S/C30H35N7O5S/c1-17-28(32-26-12-20(13-27(41-2)36(17)26)30(38)37-21-6-7-23(37)22(31)14-21)24-11-19-5-8-25(35-9-10-42-16-43(35,39)40)33-29(19)34(24)15-18-3-4-18/h5,8,11-13,18,21-23H,3-4,6-7,9-10,14-16,31H2,1-2H3/t21-,22+,23+/m0/s1. The van der Waals surface area contributed by atoms with Crippen molar-refractivity contribution in [2.45, 2.75) is 63.7 Å². The van der Waals surface area contributed by atoms with Gasteiger partial charge in [-0.1, -0.05) is 0 Å². The fourth-order valence-electron chi connectivity index (χ4n) is 7.26. The normalized spacial score (nSPS) is 24.9. The van der Waals surface area contributed by atoms with E-state index in [9.17, 15) is 13.2 Å². The van der Waals surface area contributed by atoms with Gasteiger partial charge < -0.3 is 24.7 Å². The number of methoxy groups -OCH3 is 1. The molecule has 4 fully saturated rings. The summed E-state index contributed by atoms with van der Waals surface area (Å²) < 4.78 is 41.9. The summed E-state index contributed by atoms with van der Waals surface area (Å²) >= 11 is 0. The number of nitrogens with two attached hydrogens (primary N) is 1. The molecule has 226 valence electrons. The van der Waals surface area contributed by atoms with E-state index in [0.29, 0.717) is 35.4 Å². The molecule has 0 spiro atoms. The van der Waals surface area contributed by atoms with Crippen LogP contribution in [0.15, 0.2) is 30.3 Å². The van der Waals surface area contributed by atoms with Crippen LogP contribution >= 0.6 is 0 Å². The highest BCUT2D eigenvalue weighted by molar-refractivity contribution is 7.92. The zero-order chi connectivity index (χ0) is 29.6. The van der Waals surface area contributed by atoms with Crippen LogP contribution in [0.4, 0.5) is 5.82 Å². The third-order valence-corrected chi connectivity index (χ3v) is 11.1. The average Bonchev–Trinajstić information content (AvgIpc) is 3.31. The molecule has 4 aromatic rings. The Kier molecular flexibility index (Phi) is 6.05. The van der Waals surface area contributed by atoms with Crippen LogP contribution in [0.5, 0.6) is 5.88 Å². The monoisotopic (exact) mass is 605 g/mol. The molecule has 1 aliphatic carbocycles. The Labute approximate surface area is 249 Å². The Balaban J connectivity index is 1.24. The molecule has 3 atom stereocenters. The Morgan fingerprint density at radius 1 is 1.14 bits per heavy atom. The molecule has 0 aromatic carbocycles. The third kappa shape index (κ3) is 4.23. The number of nitrogens with zero attached hydrogens (tertiary/aromatic N) is 6. The molecule has 4 aliphatic rings. The molecule has 3 aliphatic heterocycles. The number of carbonyl (C=O) groups excluding carboxylic acids is 1. The second-order valence-electron chi connectivity index (χ2n) is 12.3. The first-order valence-corrected chi connectivity index (χ1v) is 16.6. The quantitative estimate of drug-likeness (QED) is 0.354. The summed E-state index contributed by atoms with van der Waals surface area (Å²) in [5.74, 6) is 1.09. The van der Waals surface area contributed by atoms with Gasteiger partial charge in [0.25, 0.3) is 15.9 Å². The summed E-state index contributed by atoms with van der Waals surface area (Å²) in [5.41, 5.74) is 10.8. The highest BCUT2D eigenvalue weighted by Crippen LogP contribution is 2.40. The number of hydrogen-bond donors (Lipinski definition) is 1. The topological polar surface area (TPSA) is 137 Å². The number of fused-ring (bicyclic) bond motifs is 4. The third-order valence-electron chi connectivity index (χ3n) is 9.56. The van der Waals surface area contributed by atoms with Crippen LogP contribution in [-0.4, -0.2) is 82.5 Å². The van der Waals surface area contributed by atoms with Crippen LogP contribution in [0, 0.1) is 12.8 Å². The maximum atomic E-state index is 13.7. The minimum Gasteiger partial charge on any atom is -0.482 e. The molecule has 13 heteroatoms. The van der Waals surface area contributed by atoms with Gasteiger partial charge in [0.05, 0.1) is 31.6 Å². The number of aromatic nitrogens is 4. The number of ether oxygens (including phenoxy) is 2. The predicted octanol–water partition coefficient (Wildman–Crippen LogP) is 2.91. The van der Waals surface area contributed by atoms with Crippen molar-refractivity contribution in [2.24, 2.45) is 11.7 Å². The zero-order valence-corrected chi connectivity index (χ0v) is 25.1. The number of aryl methyl sites for hydroxylation is 1. The van der Waals surface area contributed by atoms with E-state index in [1.54, 1.807) is 19.2 Å². The molecule has 3 saturated heterocycles. The SMILES string of the molecule is COc1cc(C(=O)N2[C@H]3CC[C@@H]2[C@H](N)C3)cc2nc(-c3cc4ccc(N5CCOCS5(=O)=O)nc4n3CC3CC3)c(C)n12. The van der Waals surface area contributed by atoms with Crippen molar-refractivity contribution >= 4 is 38.4 Å². The van der Waals surface area contributed by atoms with E-state index in [1.807, 2.05) is 28.4 Å². The van der Waals surface area contributed by atoms with Crippen LogP contribution in [0.25, 0.3) is 28.1 Å². The molecule has 1 amide bonds. The van der Waals surface area contributed by atoms with Crippen LogP contribution in [0.1, 0.15) is 48.2 Å². The van der Waals surface area contributed by atoms with Gasteiger partial charge in [-0.05, 0) is 69.2 Å². The van der Waals surface area contributed by atoms with Gasteiger partial charge in [-0.25, -0.2) is 22.7 Å². The summed E-state index contributed by atoms with van der Waals surface area (Å²) in [6.45, 7) is 3.31. The first kappa shape index (κ1) is 26.9. The van der Waals surface area contributed by atoms with Gasteiger partial charge in [-0.3, -0.25) is 9.20 Å². The van der Waals surface area contributed by atoms with Crippen LogP contribution in [-0.2, 0) is 21.3 Å². The molecular formula is C30H35N7O5S. The van der Waals surface area contributed by atoms with Crippen LogP contribution in [0.3, 0.4) is 0 Å². The van der Waals surface area contributed by atoms with Crippen molar-refractivity contribution in [3.05, 3.63) is 41.6 Å². The first-order valence-electron chi connectivity index (χ1n) is 15.0. The molecule has 0 radical (unpaired) electrons. The largest absolute Gasteiger partial charge is 0.482 e. The highest BCUT2D eigenvalue weighted by atomic mass is 32.2. The Morgan fingerprint density at radius 2 is 1.98 bits per heavy atom. The average molecular weight is 606 g/mol. The summed E-state index contributed by atoms with van der Waals surface area (Å²) in [7, 11) is -1.99. The number of rotatable bonds is 6. The Hall–Kier alpha value is -3.68. The molecular weight excluding hydrogens is 570 g/mol. The van der Waals surface area contributed by atoms with Crippen molar-refractivity contribution in [1.29, 1.82) is 0 Å². The van der Waals surface area contributed by atoms with E-state index in [-0.39, 0.29) is 36.5 Å². The number of imidazole rings is 1. The lowest BCUT2D eigenvalue weighted by Gasteiger charge is -2.27. The van der Waals surface area contributed by atoms with E-state index >= 15 is 0 Å². The van der Waals surface area contributed by atoms with E-state index in [2.05, 4.69) is 10.6 Å². The molecule has 2 bridgehead atoms. The van der Waals surface area contributed by atoms with E-state index in [4.69, 9.17) is 25.2 Å². The summed E-state index contributed by atoms with van der Waals surface area (Å²) in [6, 6.07) is 9.69. The van der Waals surface area contributed by atoms with Crippen LogP contribution in [0.2, 0.25) is 0 Å². The molecule has 4 aromatic heterocycles. The first-order chi connectivity index (χ1) is 20.7. The number of pyridine rings is 2. The van der Waals surface area contributed by atoms with Gasteiger partial charge in [-0.15, -0.1) is 0 Å². The van der Waals surface area contributed by atoms with Gasteiger partial charge in [0.1, 0.15) is 22.8 Å². The fraction of sp³-hybridized carbons (Fsp3) is 0.500. The van der Waals surface area contributed by atoms with Crippen molar-refractivity contribution in [1.82, 2.24) is 23.8 Å². The number of hydrogen-bond acceptors (Lipinski definition) is 8. The maximum Gasteiger partial charge on any atom is 0.260 e. The Morgan fingerprint density at radius 3 is 2.67 bits per heavy atom. The second-order valence-corrected chi connectivity index (χ2v) is 14.2. The lowest BCUT2D eigenvalue weighted by atomic mass is 9.97. The fourth-order valence-corrected chi connectivity index (χ4v) is 8.46. The van der Waals surface area contributed by atoms with E-state index in [0.717, 1.165) is 66.8 Å². The summed E-state index contributed by atoms with van der Waals surface area (Å²) in [4.78, 5) is 25.7. The molecule has 1 saturated carbocycles. The minimum absolute atomic E-state index is 0.0268. The van der Waals surface area contributed by atoms with Gasteiger partial charge in [0.2, 0.25) is 0 Å². The predicted molar refractivity (Wildman–Crippen MR) is 161 cm³/mol. The van der Waals surface area contributed by atoms with Crippen molar-refractivity contribution < 1.29 is 22.7 Å². The van der Waals surface area contributed by atoms with Gasteiger partial charge in [-0.2, -0.15) is 0 Å². The van der Waals surface area contributed by atoms with E-state index < -0.39 is 10.0 Å². The highest BCUT2D eigenvalue weighted by Gasteiger charge is 2.47. The summed E-state index contributed by atoms with van der Waals surface area (Å²) in [5, 5.41) is 0.908. The molecule has 12 nitrogen and oxygen atoms in total. The number of anilines is 1. The molecule has 0 unspecified atom stereocenters. The molecule has 7 heterocycles. The van der Waals surface area contributed by atoms with Crippen molar-refractivity contribution in [3.63, 3.8) is 0 Å². The van der Waals surface area contributed by atoms with Gasteiger partial charge in [0.15, 0.2) is 11.8 Å². The lowest BCUT2D eigenvalue weighted by Crippen LogP contribution is -2.41. The smallest absolute Gasteiger partial charge is 0.260 e. The van der Waals surface area contributed by atoms with Crippen LogP contribution < -0.4 is 14.8 Å². The second kappa shape index (κ2) is 9.66. The minimum atomic E-state index is -3.60. The van der Waals surface area contributed by atoms with Gasteiger partial charge >= 0.3 is 0 Å². The summed E-state index contributed by atoms with van der Waals surface area (Å²) in [6.07, 6.45) is 5.07.